The van der Waals surface area contributed by atoms with Crippen LogP contribution in [-0.4, -0.2) is 32.9 Å². The molecule has 0 unspecified atom stereocenters. The van der Waals surface area contributed by atoms with Crippen molar-refractivity contribution in [2.75, 3.05) is 10.0 Å². The van der Waals surface area contributed by atoms with Gasteiger partial charge in [0, 0.05) is 0 Å². The highest BCUT2D eigenvalue weighted by molar-refractivity contribution is 7.92. The monoisotopic (exact) mass is 611 g/mol. The maximum Gasteiger partial charge on any atom is 0.263 e. The van der Waals surface area contributed by atoms with Crippen molar-refractivity contribution in [3.8, 4) is 5.82 Å². The number of sulfonamides is 1. The van der Waals surface area contributed by atoms with Crippen LogP contribution in [0.4, 0.5) is 26.0 Å². The summed E-state index contributed by atoms with van der Waals surface area (Å²) in [7, 11) is -4.38. The van der Waals surface area contributed by atoms with E-state index in [4.69, 9.17) is 23.2 Å². The molecule has 0 amide bonds. The third-order valence-electron chi connectivity index (χ3n) is 6.28. The second-order valence-electron chi connectivity index (χ2n) is 8.88. The topological polar surface area (TPSA) is 115 Å². The second-order valence-corrected chi connectivity index (χ2v) is 11.3. The third-order valence-corrected chi connectivity index (χ3v) is 8.62. The molecule has 0 aliphatic rings. The lowest BCUT2D eigenvalue weighted by molar-refractivity contribution is 0.588. The number of nitrogens with zero attached hydrogens (tertiary/aromatic N) is 5. The molecule has 6 rings (SSSR count). The molecule has 0 saturated heterocycles. The third kappa shape index (κ3) is 4.79. The van der Waals surface area contributed by atoms with Crippen molar-refractivity contribution in [1.82, 2.24) is 24.5 Å². The maximum absolute atomic E-state index is 15.6. The molecule has 0 atom stereocenters. The number of pyridine rings is 1. The van der Waals surface area contributed by atoms with Gasteiger partial charge in [-0.2, -0.15) is 0 Å². The summed E-state index contributed by atoms with van der Waals surface area (Å²) in [5.74, 6) is -1.74. The quantitative estimate of drug-likeness (QED) is 0.213. The molecule has 0 bridgehead atoms. The minimum atomic E-state index is -4.38. The van der Waals surface area contributed by atoms with Gasteiger partial charge in [0.25, 0.3) is 10.0 Å². The first-order chi connectivity index (χ1) is 19.6. The molecule has 206 valence electrons. The summed E-state index contributed by atoms with van der Waals surface area (Å²) in [5, 5.41) is 2.38. The van der Waals surface area contributed by atoms with Gasteiger partial charge in [-0.3, -0.25) is 9.29 Å². The Morgan fingerprint density at radius 2 is 1.71 bits per heavy atom. The lowest BCUT2D eigenvalue weighted by Crippen LogP contribution is -2.15. The van der Waals surface area contributed by atoms with Gasteiger partial charge < -0.3 is 5.32 Å². The number of halogens is 4. The van der Waals surface area contributed by atoms with Crippen LogP contribution in [0.15, 0.2) is 78.2 Å². The van der Waals surface area contributed by atoms with E-state index < -0.39 is 33.0 Å². The minimum absolute atomic E-state index is 0.00203. The number of fused-ring (bicyclic) bond motifs is 2. The fourth-order valence-corrected chi connectivity index (χ4v) is 6.10. The smallest absolute Gasteiger partial charge is 0.263 e. The standard InChI is InChI=1S/C27H17Cl2F2N7O2S/c1-14-4-2-6-19-24(14)34-13-38(19)21-11-10-18-26(35-21)27(33-12-32-18)36-25-16(30)8-9-17(23(25)31)37-41(39,40)20-7-3-5-15(28)22(20)29/h2-13,37H,1H3,(H,32,33,36). The summed E-state index contributed by atoms with van der Waals surface area (Å²) in [6.07, 6.45) is 2.84. The summed E-state index contributed by atoms with van der Waals surface area (Å²) in [6.45, 7) is 1.95. The highest BCUT2D eigenvalue weighted by atomic mass is 35.5. The number of hydrogen-bond acceptors (Lipinski definition) is 7. The Labute approximate surface area is 241 Å². The molecule has 2 N–H and O–H groups in total. The lowest BCUT2D eigenvalue weighted by atomic mass is 10.2. The van der Waals surface area contributed by atoms with Gasteiger partial charge in [0.05, 0.1) is 32.3 Å². The predicted octanol–water partition coefficient (Wildman–Crippen LogP) is 6.80. The maximum atomic E-state index is 15.6. The Kier molecular flexibility index (Phi) is 6.68. The molecular weight excluding hydrogens is 595 g/mol. The predicted molar refractivity (Wildman–Crippen MR) is 154 cm³/mol. The van der Waals surface area contributed by atoms with Gasteiger partial charge >= 0.3 is 0 Å². The molecule has 0 radical (unpaired) electrons. The van der Waals surface area contributed by atoms with Gasteiger partial charge in [-0.1, -0.05) is 41.4 Å². The zero-order valence-corrected chi connectivity index (χ0v) is 23.2. The first-order valence-electron chi connectivity index (χ1n) is 11.9. The molecule has 0 fully saturated rings. The van der Waals surface area contributed by atoms with E-state index in [-0.39, 0.29) is 26.3 Å². The van der Waals surface area contributed by atoms with Gasteiger partial charge in [-0.15, -0.1) is 0 Å². The van der Waals surface area contributed by atoms with Crippen molar-refractivity contribution in [3.05, 3.63) is 101 Å². The van der Waals surface area contributed by atoms with Crippen molar-refractivity contribution in [2.45, 2.75) is 11.8 Å². The van der Waals surface area contributed by atoms with Crippen LogP contribution in [0.5, 0.6) is 0 Å². The van der Waals surface area contributed by atoms with Crippen molar-refractivity contribution in [3.63, 3.8) is 0 Å². The number of aromatic nitrogens is 5. The van der Waals surface area contributed by atoms with Gasteiger partial charge in [-0.25, -0.2) is 37.1 Å². The Hall–Kier alpha value is -4.39. The molecule has 3 aromatic heterocycles. The zero-order chi connectivity index (χ0) is 28.9. The van der Waals surface area contributed by atoms with E-state index in [1.165, 1.54) is 24.5 Å². The Morgan fingerprint density at radius 3 is 2.54 bits per heavy atom. The van der Waals surface area contributed by atoms with Crippen LogP contribution < -0.4 is 10.0 Å². The number of para-hydroxylation sites is 1. The summed E-state index contributed by atoms with van der Waals surface area (Å²) in [6, 6.07) is 15.0. The minimum Gasteiger partial charge on any atom is -0.333 e. The number of nitrogens with one attached hydrogen (secondary N) is 2. The molecule has 0 spiro atoms. The largest absolute Gasteiger partial charge is 0.333 e. The van der Waals surface area contributed by atoms with E-state index in [0.717, 1.165) is 28.7 Å². The summed E-state index contributed by atoms with van der Waals surface area (Å²) in [5.41, 5.74) is 2.05. The Morgan fingerprint density at radius 1 is 0.902 bits per heavy atom. The van der Waals surface area contributed by atoms with Crippen LogP contribution in [0.3, 0.4) is 0 Å². The Bertz CT molecular complexity index is 2110. The molecular formula is C27H17Cl2F2N7O2S. The highest BCUT2D eigenvalue weighted by Gasteiger charge is 2.24. The number of imidazole rings is 1. The number of aryl methyl sites for hydroxylation is 1. The van der Waals surface area contributed by atoms with Crippen LogP contribution in [0.2, 0.25) is 10.0 Å². The van der Waals surface area contributed by atoms with Crippen molar-refractivity contribution in [2.24, 2.45) is 0 Å². The molecule has 0 saturated carbocycles. The molecule has 6 aromatic rings. The van der Waals surface area contributed by atoms with E-state index in [1.807, 2.05) is 25.1 Å². The average molecular weight is 612 g/mol. The first-order valence-corrected chi connectivity index (χ1v) is 14.1. The fourth-order valence-electron chi connectivity index (χ4n) is 4.28. The number of anilines is 3. The number of hydrogen-bond donors (Lipinski definition) is 2. The van der Waals surface area contributed by atoms with Crippen LogP contribution in [0.25, 0.3) is 27.9 Å². The van der Waals surface area contributed by atoms with E-state index in [9.17, 15) is 12.8 Å². The normalized spacial score (nSPS) is 11.7. The van der Waals surface area contributed by atoms with Crippen molar-refractivity contribution >= 4 is 72.5 Å². The van der Waals surface area contributed by atoms with Gasteiger partial charge in [-0.05, 0) is 55.0 Å². The molecule has 0 aliphatic carbocycles. The number of benzene rings is 3. The Balaban J connectivity index is 1.40. The summed E-state index contributed by atoms with van der Waals surface area (Å²) in [4.78, 5) is 17.1. The zero-order valence-electron chi connectivity index (χ0n) is 20.9. The summed E-state index contributed by atoms with van der Waals surface area (Å²) < 4.78 is 60.3. The second kappa shape index (κ2) is 10.2. The van der Waals surface area contributed by atoms with E-state index in [2.05, 4.69) is 30.0 Å². The van der Waals surface area contributed by atoms with Crippen LogP contribution >= 0.6 is 23.2 Å². The fraction of sp³-hybridized carbons (Fsp3) is 0.0370. The van der Waals surface area contributed by atoms with Gasteiger partial charge in [0.15, 0.2) is 11.6 Å². The van der Waals surface area contributed by atoms with E-state index in [1.54, 1.807) is 23.0 Å². The van der Waals surface area contributed by atoms with Crippen molar-refractivity contribution in [1.29, 1.82) is 0 Å². The first kappa shape index (κ1) is 26.8. The van der Waals surface area contributed by atoms with Crippen molar-refractivity contribution < 1.29 is 17.2 Å². The molecule has 41 heavy (non-hydrogen) atoms. The van der Waals surface area contributed by atoms with Gasteiger partial charge in [0.1, 0.15) is 40.4 Å². The average Bonchev–Trinajstić information content (AvgIpc) is 3.39. The SMILES string of the molecule is Cc1cccc2c1ncn2-c1ccc2ncnc(Nc3c(F)ccc(NS(=O)(=O)c4cccc(Cl)c4Cl)c3F)c2n1. The summed E-state index contributed by atoms with van der Waals surface area (Å²) >= 11 is 12.0. The highest BCUT2D eigenvalue weighted by Crippen LogP contribution is 2.34. The van der Waals surface area contributed by atoms with Crippen LogP contribution in [0, 0.1) is 18.6 Å². The van der Waals surface area contributed by atoms with Crippen LogP contribution in [0.1, 0.15) is 5.56 Å². The van der Waals surface area contributed by atoms with E-state index in [0.29, 0.717) is 11.3 Å². The van der Waals surface area contributed by atoms with Gasteiger partial charge in [0.2, 0.25) is 0 Å². The molecule has 14 heteroatoms. The van der Waals surface area contributed by atoms with Crippen LogP contribution in [-0.2, 0) is 10.0 Å². The molecule has 3 aromatic carbocycles. The molecule has 3 heterocycles. The number of rotatable bonds is 6. The van der Waals surface area contributed by atoms with E-state index >= 15 is 4.39 Å². The molecule has 9 nitrogen and oxygen atoms in total. The lowest BCUT2D eigenvalue weighted by Gasteiger charge is -2.15. The molecule has 0 aliphatic heterocycles.